The van der Waals surface area contributed by atoms with Crippen LogP contribution in [0.2, 0.25) is 10.2 Å². The van der Waals surface area contributed by atoms with Gasteiger partial charge in [-0.25, -0.2) is 0 Å². The second-order valence-corrected chi connectivity index (χ2v) is 4.91. The van der Waals surface area contributed by atoms with Gasteiger partial charge >= 0.3 is 0 Å². The minimum absolute atomic E-state index is 0.410. The Labute approximate surface area is 116 Å². The molecule has 3 nitrogen and oxygen atoms in total. The lowest BCUT2D eigenvalue weighted by atomic mass is 10.2. The number of hydrogen-bond acceptors (Lipinski definition) is 3. The highest BCUT2D eigenvalue weighted by molar-refractivity contribution is 6.31. The third-order valence-electron chi connectivity index (χ3n) is 2.52. The summed E-state index contributed by atoms with van der Waals surface area (Å²) >= 11 is 11.8. The van der Waals surface area contributed by atoms with Gasteiger partial charge in [0.25, 0.3) is 0 Å². The maximum Gasteiger partial charge on any atom is 0.151 e. The molecule has 18 heavy (non-hydrogen) atoms. The Morgan fingerprint density at radius 3 is 2.44 bits per heavy atom. The highest BCUT2D eigenvalue weighted by Gasteiger charge is 2.05. The van der Waals surface area contributed by atoms with Gasteiger partial charge in [-0.05, 0) is 30.8 Å². The van der Waals surface area contributed by atoms with Gasteiger partial charge in [-0.2, -0.15) is 5.10 Å². The van der Waals surface area contributed by atoms with E-state index in [1.165, 1.54) is 0 Å². The fourth-order valence-electron chi connectivity index (χ4n) is 1.68. The lowest BCUT2D eigenvalue weighted by Crippen LogP contribution is -2.18. The van der Waals surface area contributed by atoms with E-state index in [0.29, 0.717) is 11.7 Å². The molecule has 94 valence electrons. The Morgan fingerprint density at radius 1 is 1.00 bits per heavy atom. The van der Waals surface area contributed by atoms with Gasteiger partial charge in [-0.15, -0.1) is 5.10 Å². The van der Waals surface area contributed by atoms with E-state index in [-0.39, 0.29) is 0 Å². The topological polar surface area (TPSA) is 29.0 Å². The highest BCUT2D eigenvalue weighted by atomic mass is 35.5. The largest absolute Gasteiger partial charge is 0.296 e. The van der Waals surface area contributed by atoms with Crippen molar-refractivity contribution >= 4 is 23.2 Å². The fourth-order valence-corrected chi connectivity index (χ4v) is 1.97. The first kappa shape index (κ1) is 13.3. The maximum absolute atomic E-state index is 6.12. The zero-order valence-electron chi connectivity index (χ0n) is 9.98. The molecule has 1 heterocycles. The Balaban J connectivity index is 1.99. The summed E-state index contributed by atoms with van der Waals surface area (Å²) < 4.78 is 0. The van der Waals surface area contributed by atoms with Crippen molar-refractivity contribution in [1.82, 2.24) is 15.1 Å². The van der Waals surface area contributed by atoms with E-state index in [0.717, 1.165) is 22.8 Å². The minimum atomic E-state index is 0.410. The van der Waals surface area contributed by atoms with Gasteiger partial charge in [-0.3, -0.25) is 4.90 Å². The lowest BCUT2D eigenvalue weighted by Gasteiger charge is -2.16. The summed E-state index contributed by atoms with van der Waals surface area (Å²) in [5, 5.41) is 9.04. The molecule has 1 aromatic heterocycles. The number of benzene rings is 1. The third kappa shape index (κ3) is 3.67. The van der Waals surface area contributed by atoms with E-state index in [9.17, 15) is 0 Å². The van der Waals surface area contributed by atoms with Crippen LogP contribution in [0.4, 0.5) is 0 Å². The molecule has 0 saturated carbocycles. The van der Waals surface area contributed by atoms with Crippen LogP contribution < -0.4 is 0 Å². The number of nitrogens with zero attached hydrogens (tertiary/aromatic N) is 3. The molecule has 5 heteroatoms. The molecule has 0 aliphatic rings. The summed E-state index contributed by atoms with van der Waals surface area (Å²) in [6.45, 7) is 1.47. The normalized spacial score (nSPS) is 10.9. The van der Waals surface area contributed by atoms with Gasteiger partial charge in [-0.1, -0.05) is 41.4 Å². The van der Waals surface area contributed by atoms with Crippen molar-refractivity contribution in [2.45, 2.75) is 13.1 Å². The summed E-state index contributed by atoms with van der Waals surface area (Å²) in [6, 6.07) is 11.4. The highest BCUT2D eigenvalue weighted by Crippen LogP contribution is 2.17. The fraction of sp³-hybridized carbons (Fsp3) is 0.231. The molecule has 0 unspecified atom stereocenters. The van der Waals surface area contributed by atoms with E-state index < -0.39 is 0 Å². The monoisotopic (exact) mass is 281 g/mol. The van der Waals surface area contributed by atoms with Crippen LogP contribution in [-0.2, 0) is 13.1 Å². The average molecular weight is 282 g/mol. The van der Waals surface area contributed by atoms with Crippen molar-refractivity contribution in [1.29, 1.82) is 0 Å². The first-order valence-electron chi connectivity index (χ1n) is 5.55. The molecule has 0 spiro atoms. The van der Waals surface area contributed by atoms with Gasteiger partial charge in [0, 0.05) is 18.1 Å². The van der Waals surface area contributed by atoms with E-state index in [4.69, 9.17) is 23.2 Å². The molecule has 0 amide bonds. The van der Waals surface area contributed by atoms with E-state index in [1.54, 1.807) is 6.07 Å². The SMILES string of the molecule is CN(Cc1ccc(Cl)nn1)Cc1ccccc1Cl. The molecule has 0 N–H and O–H groups in total. The molecule has 1 aromatic carbocycles. The summed E-state index contributed by atoms with van der Waals surface area (Å²) in [5.41, 5.74) is 1.98. The van der Waals surface area contributed by atoms with Crippen molar-refractivity contribution in [2.24, 2.45) is 0 Å². The predicted molar refractivity (Wildman–Crippen MR) is 73.7 cm³/mol. The Kier molecular flexibility index (Phi) is 4.53. The number of halogens is 2. The van der Waals surface area contributed by atoms with Crippen LogP contribution in [0.1, 0.15) is 11.3 Å². The lowest BCUT2D eigenvalue weighted by molar-refractivity contribution is 0.314. The zero-order chi connectivity index (χ0) is 13.0. The van der Waals surface area contributed by atoms with Crippen LogP contribution in [-0.4, -0.2) is 22.1 Å². The predicted octanol–water partition coefficient (Wildman–Crippen LogP) is 3.42. The standard InChI is InChI=1S/C13H13Cl2N3/c1-18(8-10-4-2-3-5-12(10)14)9-11-6-7-13(15)17-16-11/h2-7H,8-9H2,1H3. The molecule has 0 aliphatic heterocycles. The van der Waals surface area contributed by atoms with Crippen molar-refractivity contribution in [3.05, 3.63) is 57.8 Å². The van der Waals surface area contributed by atoms with Gasteiger partial charge in [0.15, 0.2) is 5.15 Å². The molecular formula is C13H13Cl2N3. The smallest absolute Gasteiger partial charge is 0.151 e. The third-order valence-corrected chi connectivity index (χ3v) is 3.09. The molecule has 0 saturated heterocycles. The van der Waals surface area contributed by atoms with Crippen LogP contribution in [0.15, 0.2) is 36.4 Å². The van der Waals surface area contributed by atoms with Crippen molar-refractivity contribution < 1.29 is 0 Å². The Morgan fingerprint density at radius 2 is 1.78 bits per heavy atom. The van der Waals surface area contributed by atoms with Crippen LogP contribution in [0.5, 0.6) is 0 Å². The zero-order valence-corrected chi connectivity index (χ0v) is 11.5. The molecule has 0 radical (unpaired) electrons. The van der Waals surface area contributed by atoms with Gasteiger partial charge < -0.3 is 0 Å². The van der Waals surface area contributed by atoms with Crippen LogP contribution in [0.25, 0.3) is 0 Å². The van der Waals surface area contributed by atoms with Crippen molar-refractivity contribution in [2.75, 3.05) is 7.05 Å². The van der Waals surface area contributed by atoms with Crippen LogP contribution in [0.3, 0.4) is 0 Å². The summed E-state index contributed by atoms with van der Waals surface area (Å²) in [6.07, 6.45) is 0. The van der Waals surface area contributed by atoms with Crippen molar-refractivity contribution in [3.63, 3.8) is 0 Å². The van der Waals surface area contributed by atoms with E-state index in [2.05, 4.69) is 15.1 Å². The van der Waals surface area contributed by atoms with E-state index in [1.807, 2.05) is 37.4 Å². The van der Waals surface area contributed by atoms with Crippen LogP contribution >= 0.6 is 23.2 Å². The Hall–Kier alpha value is -1.16. The second kappa shape index (κ2) is 6.14. The maximum atomic E-state index is 6.12. The average Bonchev–Trinajstić information content (AvgIpc) is 2.35. The molecule has 0 bridgehead atoms. The summed E-state index contributed by atoms with van der Waals surface area (Å²) in [7, 11) is 2.01. The van der Waals surface area contributed by atoms with E-state index >= 15 is 0 Å². The molecule has 0 fully saturated rings. The molecule has 0 atom stereocenters. The summed E-state index contributed by atoms with van der Waals surface area (Å²) in [5.74, 6) is 0. The van der Waals surface area contributed by atoms with Crippen molar-refractivity contribution in [3.8, 4) is 0 Å². The second-order valence-electron chi connectivity index (χ2n) is 4.11. The summed E-state index contributed by atoms with van der Waals surface area (Å²) in [4.78, 5) is 2.12. The number of aromatic nitrogens is 2. The minimum Gasteiger partial charge on any atom is -0.296 e. The molecule has 2 rings (SSSR count). The first-order chi connectivity index (χ1) is 8.65. The van der Waals surface area contributed by atoms with Gasteiger partial charge in [0.1, 0.15) is 0 Å². The first-order valence-corrected chi connectivity index (χ1v) is 6.31. The molecule has 2 aromatic rings. The Bertz CT molecular complexity index is 514. The number of hydrogen-bond donors (Lipinski definition) is 0. The number of rotatable bonds is 4. The quantitative estimate of drug-likeness (QED) is 0.860. The van der Waals surface area contributed by atoms with Gasteiger partial charge in [0.2, 0.25) is 0 Å². The van der Waals surface area contributed by atoms with Crippen LogP contribution in [0, 0.1) is 0 Å². The molecule has 0 aliphatic carbocycles. The molecular weight excluding hydrogens is 269 g/mol. The van der Waals surface area contributed by atoms with Gasteiger partial charge in [0.05, 0.1) is 5.69 Å².